The predicted molar refractivity (Wildman–Crippen MR) is 98.6 cm³/mol. The molecule has 2 unspecified atom stereocenters. The molecule has 0 bridgehead atoms. The number of carbonyl (C=O) groups excluding carboxylic acids is 1. The molecule has 1 aliphatic carbocycles. The molecule has 140 valence electrons. The van der Waals surface area contributed by atoms with Crippen molar-refractivity contribution in [3.8, 4) is 5.75 Å². The summed E-state index contributed by atoms with van der Waals surface area (Å²) in [5.41, 5.74) is 0.766. The number of benzene rings is 1. The monoisotopic (exact) mass is 370 g/mol. The number of ether oxygens (including phenoxy) is 1. The van der Waals surface area contributed by atoms with Gasteiger partial charge in [-0.3, -0.25) is 4.79 Å². The Hall–Kier alpha value is -1.33. The molecule has 0 radical (unpaired) electrons. The quantitative estimate of drug-likeness (QED) is 0.735. The lowest BCUT2D eigenvalue weighted by Crippen LogP contribution is -2.27. The molecule has 2 N–H and O–H groups in total. The smallest absolute Gasteiger partial charge is 0.220 e. The first-order valence-corrected chi connectivity index (χ1v) is 9.04. The van der Waals surface area contributed by atoms with E-state index in [1.54, 1.807) is 6.07 Å². The molecular weight excluding hydrogens is 343 g/mol. The molecule has 4 nitrogen and oxygen atoms in total. The maximum absolute atomic E-state index is 14.1. The zero-order valence-corrected chi connectivity index (χ0v) is 15.5. The zero-order valence-electron chi connectivity index (χ0n) is 14.7. The number of carbonyl (C=O) groups is 1. The van der Waals surface area contributed by atoms with Crippen LogP contribution in [0.3, 0.4) is 0 Å². The van der Waals surface area contributed by atoms with Crippen LogP contribution in [0.25, 0.3) is 0 Å². The van der Waals surface area contributed by atoms with Crippen molar-refractivity contribution in [2.45, 2.75) is 45.1 Å². The second-order valence-electron chi connectivity index (χ2n) is 7.13. The summed E-state index contributed by atoms with van der Waals surface area (Å²) < 4.78 is 19.6. The van der Waals surface area contributed by atoms with Gasteiger partial charge in [0.1, 0.15) is 0 Å². The first-order chi connectivity index (χ1) is 11.6. The van der Waals surface area contributed by atoms with Crippen LogP contribution in [0.5, 0.6) is 5.75 Å². The van der Waals surface area contributed by atoms with E-state index in [1.165, 1.54) is 18.9 Å². The topological polar surface area (TPSA) is 50.4 Å². The van der Waals surface area contributed by atoms with Gasteiger partial charge in [0.2, 0.25) is 5.91 Å². The minimum Gasteiger partial charge on any atom is -0.490 e. The standard InChI is InChI=1S/C19H27FN2O2.ClH/c1-13(22-19(23)7-4-14-8-9-21-11-14)16-5-6-18(17(20)10-16)24-12-15-2-3-15;/h5-6,10,13-15,21H,2-4,7-9,11-12H2,1H3,(H,22,23);1H. The molecule has 2 atom stereocenters. The number of amides is 1. The highest BCUT2D eigenvalue weighted by molar-refractivity contribution is 5.85. The highest BCUT2D eigenvalue weighted by atomic mass is 35.5. The fraction of sp³-hybridized carbons (Fsp3) is 0.632. The largest absolute Gasteiger partial charge is 0.490 e. The Labute approximate surface area is 155 Å². The van der Waals surface area contributed by atoms with Crippen molar-refractivity contribution in [1.29, 1.82) is 0 Å². The Bertz CT molecular complexity index is 575. The van der Waals surface area contributed by atoms with Crippen LogP contribution in [-0.2, 0) is 4.79 Å². The summed E-state index contributed by atoms with van der Waals surface area (Å²) in [7, 11) is 0. The van der Waals surface area contributed by atoms with E-state index >= 15 is 0 Å². The van der Waals surface area contributed by atoms with E-state index in [2.05, 4.69) is 10.6 Å². The zero-order chi connectivity index (χ0) is 16.9. The maximum Gasteiger partial charge on any atom is 0.220 e. The highest BCUT2D eigenvalue weighted by Crippen LogP contribution is 2.30. The van der Waals surface area contributed by atoms with Gasteiger partial charge in [0.25, 0.3) is 0 Å². The lowest BCUT2D eigenvalue weighted by atomic mass is 10.0. The SMILES string of the molecule is CC(NC(=O)CCC1CCNC1)c1ccc(OCC2CC2)c(F)c1.Cl. The van der Waals surface area contributed by atoms with E-state index in [1.807, 2.05) is 13.0 Å². The molecule has 1 aliphatic heterocycles. The molecule has 6 heteroatoms. The van der Waals surface area contributed by atoms with Gasteiger partial charge >= 0.3 is 0 Å². The van der Waals surface area contributed by atoms with Crippen LogP contribution in [0.1, 0.15) is 50.6 Å². The minimum atomic E-state index is -0.355. The second-order valence-corrected chi connectivity index (χ2v) is 7.13. The van der Waals surface area contributed by atoms with Crippen LogP contribution in [0, 0.1) is 17.7 Å². The number of nitrogens with one attached hydrogen (secondary N) is 2. The van der Waals surface area contributed by atoms with Crippen molar-refractivity contribution in [3.63, 3.8) is 0 Å². The van der Waals surface area contributed by atoms with Crippen molar-refractivity contribution in [3.05, 3.63) is 29.6 Å². The summed E-state index contributed by atoms with van der Waals surface area (Å²) >= 11 is 0. The summed E-state index contributed by atoms with van der Waals surface area (Å²) in [6.45, 7) is 4.54. The molecule has 2 aliphatic rings. The molecular formula is C19H28ClFN2O2. The summed E-state index contributed by atoms with van der Waals surface area (Å²) in [6.07, 6.45) is 4.95. The number of hydrogen-bond acceptors (Lipinski definition) is 3. The predicted octanol–water partition coefficient (Wildman–Crippen LogP) is 3.60. The van der Waals surface area contributed by atoms with Crippen LogP contribution < -0.4 is 15.4 Å². The Balaban J connectivity index is 0.00000225. The van der Waals surface area contributed by atoms with Crippen LogP contribution in [-0.4, -0.2) is 25.6 Å². The Morgan fingerprint density at radius 2 is 2.16 bits per heavy atom. The molecule has 1 saturated heterocycles. The van der Waals surface area contributed by atoms with E-state index in [0.29, 0.717) is 30.6 Å². The van der Waals surface area contributed by atoms with E-state index in [0.717, 1.165) is 31.5 Å². The van der Waals surface area contributed by atoms with E-state index < -0.39 is 0 Å². The molecule has 1 aromatic carbocycles. The highest BCUT2D eigenvalue weighted by Gasteiger charge is 2.23. The first kappa shape index (κ1) is 20.0. The lowest BCUT2D eigenvalue weighted by Gasteiger charge is -2.16. The fourth-order valence-electron chi connectivity index (χ4n) is 3.09. The summed E-state index contributed by atoms with van der Waals surface area (Å²) in [5, 5.41) is 6.27. The molecule has 2 fully saturated rings. The molecule has 1 aromatic rings. The fourth-order valence-corrected chi connectivity index (χ4v) is 3.09. The van der Waals surface area contributed by atoms with Gasteiger partial charge < -0.3 is 15.4 Å². The number of halogens is 2. The molecule has 0 aromatic heterocycles. The van der Waals surface area contributed by atoms with Crippen LogP contribution >= 0.6 is 12.4 Å². The van der Waals surface area contributed by atoms with Crippen LogP contribution in [0.2, 0.25) is 0 Å². The van der Waals surface area contributed by atoms with Crippen LogP contribution in [0.4, 0.5) is 4.39 Å². The summed E-state index contributed by atoms with van der Waals surface area (Å²) in [4.78, 5) is 12.1. The van der Waals surface area contributed by atoms with Crippen molar-refractivity contribution < 1.29 is 13.9 Å². The average molecular weight is 371 g/mol. The van der Waals surface area contributed by atoms with Crippen molar-refractivity contribution in [1.82, 2.24) is 10.6 Å². The maximum atomic E-state index is 14.1. The van der Waals surface area contributed by atoms with E-state index in [-0.39, 0.29) is 30.2 Å². The van der Waals surface area contributed by atoms with E-state index in [4.69, 9.17) is 4.74 Å². The Morgan fingerprint density at radius 3 is 2.80 bits per heavy atom. The van der Waals surface area contributed by atoms with Crippen molar-refractivity contribution in [2.75, 3.05) is 19.7 Å². The molecule has 1 amide bonds. The lowest BCUT2D eigenvalue weighted by molar-refractivity contribution is -0.122. The van der Waals surface area contributed by atoms with Gasteiger partial charge in [-0.25, -0.2) is 4.39 Å². The van der Waals surface area contributed by atoms with Gasteiger partial charge in [-0.05, 0) is 75.2 Å². The molecule has 1 saturated carbocycles. The summed E-state index contributed by atoms with van der Waals surface area (Å²) in [5.74, 6) is 1.18. The summed E-state index contributed by atoms with van der Waals surface area (Å²) in [6, 6.07) is 4.76. The molecule has 1 heterocycles. The van der Waals surface area contributed by atoms with E-state index in [9.17, 15) is 9.18 Å². The van der Waals surface area contributed by atoms with Gasteiger partial charge in [0.05, 0.1) is 12.6 Å². The Kier molecular flexibility index (Phi) is 7.51. The third-order valence-corrected chi connectivity index (χ3v) is 4.95. The van der Waals surface area contributed by atoms with Gasteiger partial charge in [-0.15, -0.1) is 12.4 Å². The van der Waals surface area contributed by atoms with Gasteiger partial charge in [-0.1, -0.05) is 6.07 Å². The number of rotatable bonds is 8. The third kappa shape index (κ3) is 6.15. The number of hydrogen-bond donors (Lipinski definition) is 2. The normalized spacial score (nSPS) is 20.6. The van der Waals surface area contributed by atoms with Gasteiger partial charge in [-0.2, -0.15) is 0 Å². The third-order valence-electron chi connectivity index (χ3n) is 4.95. The molecule has 25 heavy (non-hydrogen) atoms. The first-order valence-electron chi connectivity index (χ1n) is 9.04. The van der Waals surface area contributed by atoms with Crippen molar-refractivity contribution in [2.24, 2.45) is 11.8 Å². The molecule has 3 rings (SSSR count). The second kappa shape index (κ2) is 9.39. The van der Waals surface area contributed by atoms with Gasteiger partial charge in [0, 0.05) is 6.42 Å². The van der Waals surface area contributed by atoms with Crippen molar-refractivity contribution >= 4 is 18.3 Å². The van der Waals surface area contributed by atoms with Crippen LogP contribution in [0.15, 0.2) is 18.2 Å². The average Bonchev–Trinajstić information content (AvgIpc) is 3.24. The Morgan fingerprint density at radius 1 is 1.36 bits per heavy atom. The molecule has 0 spiro atoms. The minimum absolute atomic E-state index is 0. The van der Waals surface area contributed by atoms with Gasteiger partial charge in [0.15, 0.2) is 11.6 Å².